The molecule has 2 aromatic heterocycles. The van der Waals surface area contributed by atoms with Gasteiger partial charge in [0.2, 0.25) is 0 Å². The topological polar surface area (TPSA) is 50.8 Å². The first-order valence-electron chi connectivity index (χ1n) is 7.98. The summed E-state index contributed by atoms with van der Waals surface area (Å²) in [4.78, 5) is 12.2. The number of nitrogens with one attached hydrogen (secondary N) is 1. The second-order valence-electron chi connectivity index (χ2n) is 5.63. The quantitative estimate of drug-likeness (QED) is 0.411. The Bertz CT molecular complexity index is 981. The van der Waals surface area contributed by atoms with Crippen molar-refractivity contribution in [3.05, 3.63) is 72.6 Å². The maximum Gasteiger partial charge on any atom is 0.142 e. The highest BCUT2D eigenvalue weighted by Crippen LogP contribution is 2.31. The van der Waals surface area contributed by atoms with E-state index in [4.69, 9.17) is 4.74 Å². The van der Waals surface area contributed by atoms with Crippen LogP contribution in [0.1, 0.15) is 5.56 Å². The summed E-state index contributed by atoms with van der Waals surface area (Å²) in [7, 11) is 1.67. The van der Waals surface area contributed by atoms with Gasteiger partial charge in [-0.25, -0.2) is 9.97 Å². The van der Waals surface area contributed by atoms with Crippen LogP contribution in [0.15, 0.2) is 72.0 Å². The minimum absolute atomic E-state index is 0.846. The molecule has 4 rings (SSSR count). The zero-order chi connectivity index (χ0) is 17.1. The lowest BCUT2D eigenvalue weighted by molar-refractivity contribution is 0.415. The van der Waals surface area contributed by atoms with Crippen molar-refractivity contribution >= 4 is 22.8 Å². The molecule has 25 heavy (non-hydrogen) atoms. The van der Waals surface area contributed by atoms with Gasteiger partial charge in [-0.3, -0.25) is 0 Å². The first-order valence-corrected chi connectivity index (χ1v) is 8.97. The number of nitrogens with zero attached hydrogens (tertiary/aromatic N) is 2. The Hall–Kier alpha value is -2.79. The van der Waals surface area contributed by atoms with Crippen molar-refractivity contribution in [3.8, 4) is 17.0 Å². The Morgan fingerprint density at radius 2 is 1.80 bits per heavy atom. The van der Waals surface area contributed by atoms with Crippen LogP contribution in [0, 0.1) is 0 Å². The molecule has 0 saturated heterocycles. The van der Waals surface area contributed by atoms with Crippen molar-refractivity contribution < 1.29 is 4.74 Å². The van der Waals surface area contributed by atoms with Crippen LogP contribution in [-0.2, 0) is 5.75 Å². The standard InChI is InChI=1S/C20H17N3OS/c1-24-16-9-7-15(8-10-16)18-11-17-19(23-18)21-13-22-20(17)25-12-14-5-3-2-4-6-14/h2-11,13H,12H2,1H3,(H,21,22,23). The number of methoxy groups -OCH3 is 1. The molecule has 4 aromatic rings. The summed E-state index contributed by atoms with van der Waals surface area (Å²) in [6.07, 6.45) is 1.62. The zero-order valence-corrected chi connectivity index (χ0v) is 14.6. The molecule has 5 heteroatoms. The fourth-order valence-corrected chi connectivity index (χ4v) is 3.61. The number of H-pyrrole nitrogens is 1. The van der Waals surface area contributed by atoms with Gasteiger partial charge in [0, 0.05) is 11.4 Å². The molecular formula is C20H17N3OS. The monoisotopic (exact) mass is 347 g/mol. The Labute approximate surface area is 150 Å². The van der Waals surface area contributed by atoms with Crippen molar-refractivity contribution in [3.63, 3.8) is 0 Å². The van der Waals surface area contributed by atoms with Gasteiger partial charge in [0.05, 0.1) is 12.5 Å². The summed E-state index contributed by atoms with van der Waals surface area (Å²) >= 11 is 1.73. The summed E-state index contributed by atoms with van der Waals surface area (Å²) in [5, 5.41) is 2.04. The first-order chi connectivity index (χ1) is 12.3. The van der Waals surface area contributed by atoms with Crippen LogP contribution in [0.2, 0.25) is 0 Å². The molecule has 0 fully saturated rings. The Morgan fingerprint density at radius 3 is 2.56 bits per heavy atom. The van der Waals surface area contributed by atoms with E-state index in [1.807, 2.05) is 30.3 Å². The molecular weight excluding hydrogens is 330 g/mol. The molecule has 0 amide bonds. The van der Waals surface area contributed by atoms with Gasteiger partial charge in [-0.15, -0.1) is 11.8 Å². The number of hydrogen-bond donors (Lipinski definition) is 1. The van der Waals surface area contributed by atoms with E-state index >= 15 is 0 Å². The number of aromatic nitrogens is 3. The second-order valence-corrected chi connectivity index (χ2v) is 6.59. The summed E-state index contributed by atoms with van der Waals surface area (Å²) in [5.74, 6) is 1.73. The Balaban J connectivity index is 1.63. The van der Waals surface area contributed by atoms with Crippen LogP contribution < -0.4 is 4.74 Å². The van der Waals surface area contributed by atoms with E-state index in [9.17, 15) is 0 Å². The minimum atomic E-state index is 0.846. The number of thioether (sulfide) groups is 1. The molecule has 124 valence electrons. The number of hydrogen-bond acceptors (Lipinski definition) is 4. The SMILES string of the molecule is COc1ccc(-c2cc3c(SCc4ccccc4)ncnc3[nH]2)cc1. The molecule has 2 heterocycles. The smallest absolute Gasteiger partial charge is 0.142 e. The molecule has 0 aliphatic heterocycles. The number of aromatic amines is 1. The number of ether oxygens (including phenoxy) is 1. The normalized spacial score (nSPS) is 10.9. The van der Waals surface area contributed by atoms with Crippen molar-refractivity contribution in [1.29, 1.82) is 0 Å². The predicted octanol–water partition coefficient (Wildman–Crippen LogP) is 4.93. The minimum Gasteiger partial charge on any atom is -0.497 e. The van der Waals surface area contributed by atoms with Crippen LogP contribution in [0.5, 0.6) is 5.75 Å². The van der Waals surface area contributed by atoms with E-state index in [0.717, 1.165) is 38.8 Å². The van der Waals surface area contributed by atoms with Crippen LogP contribution in [0.3, 0.4) is 0 Å². The molecule has 2 aromatic carbocycles. The zero-order valence-electron chi connectivity index (χ0n) is 13.8. The van der Waals surface area contributed by atoms with Crippen molar-refractivity contribution in [2.24, 2.45) is 0 Å². The molecule has 0 aliphatic carbocycles. The average Bonchev–Trinajstić information content (AvgIpc) is 3.12. The van der Waals surface area contributed by atoms with E-state index in [1.165, 1.54) is 5.56 Å². The molecule has 0 spiro atoms. The molecule has 4 nitrogen and oxygen atoms in total. The van der Waals surface area contributed by atoms with Gasteiger partial charge in [0.15, 0.2) is 0 Å². The largest absolute Gasteiger partial charge is 0.497 e. The third kappa shape index (κ3) is 3.37. The van der Waals surface area contributed by atoms with Gasteiger partial charge >= 0.3 is 0 Å². The summed E-state index contributed by atoms with van der Waals surface area (Å²) in [5.41, 5.74) is 4.26. The highest BCUT2D eigenvalue weighted by Gasteiger charge is 2.10. The third-order valence-electron chi connectivity index (χ3n) is 4.01. The molecule has 0 atom stereocenters. The predicted molar refractivity (Wildman–Crippen MR) is 102 cm³/mol. The molecule has 0 saturated carbocycles. The Kier molecular flexibility index (Phi) is 4.39. The molecule has 0 aliphatic rings. The number of rotatable bonds is 5. The average molecular weight is 347 g/mol. The van der Waals surface area contributed by atoms with Crippen molar-refractivity contribution in [2.75, 3.05) is 7.11 Å². The molecule has 0 bridgehead atoms. The third-order valence-corrected chi connectivity index (χ3v) is 5.08. The summed E-state index contributed by atoms with van der Waals surface area (Å²) in [6, 6.07) is 20.5. The van der Waals surface area contributed by atoms with Crippen molar-refractivity contribution in [2.45, 2.75) is 10.8 Å². The number of benzene rings is 2. The maximum absolute atomic E-state index is 5.22. The van der Waals surface area contributed by atoms with Gasteiger partial charge in [0.1, 0.15) is 22.7 Å². The molecule has 1 N–H and O–H groups in total. The highest BCUT2D eigenvalue weighted by molar-refractivity contribution is 7.98. The van der Waals surface area contributed by atoms with E-state index < -0.39 is 0 Å². The van der Waals surface area contributed by atoms with Gasteiger partial charge in [0.25, 0.3) is 0 Å². The van der Waals surface area contributed by atoms with Gasteiger partial charge in [-0.05, 0) is 41.5 Å². The van der Waals surface area contributed by atoms with Gasteiger partial charge in [-0.1, -0.05) is 30.3 Å². The summed E-state index contributed by atoms with van der Waals surface area (Å²) in [6.45, 7) is 0. The van der Waals surface area contributed by atoms with E-state index in [1.54, 1.807) is 25.2 Å². The lowest BCUT2D eigenvalue weighted by atomic mass is 10.1. The van der Waals surface area contributed by atoms with Gasteiger partial charge in [-0.2, -0.15) is 0 Å². The fraction of sp³-hybridized carbons (Fsp3) is 0.100. The maximum atomic E-state index is 5.22. The van der Waals surface area contributed by atoms with Gasteiger partial charge < -0.3 is 9.72 Å². The van der Waals surface area contributed by atoms with E-state index in [-0.39, 0.29) is 0 Å². The fourth-order valence-electron chi connectivity index (χ4n) is 2.68. The van der Waals surface area contributed by atoms with Crippen LogP contribution >= 0.6 is 11.8 Å². The second kappa shape index (κ2) is 6.99. The Morgan fingerprint density at radius 1 is 1.00 bits per heavy atom. The number of fused-ring (bicyclic) bond motifs is 1. The molecule has 0 radical (unpaired) electrons. The lowest BCUT2D eigenvalue weighted by Gasteiger charge is -2.02. The lowest BCUT2D eigenvalue weighted by Crippen LogP contribution is -1.86. The van der Waals surface area contributed by atoms with E-state index in [2.05, 4.69) is 45.3 Å². The van der Waals surface area contributed by atoms with Crippen molar-refractivity contribution in [1.82, 2.24) is 15.0 Å². The highest BCUT2D eigenvalue weighted by atomic mass is 32.2. The van der Waals surface area contributed by atoms with E-state index in [0.29, 0.717) is 0 Å². The van der Waals surface area contributed by atoms with Crippen LogP contribution in [0.25, 0.3) is 22.3 Å². The first kappa shape index (κ1) is 15.7. The molecule has 0 unspecified atom stereocenters. The van der Waals surface area contributed by atoms with Crippen LogP contribution in [0.4, 0.5) is 0 Å². The van der Waals surface area contributed by atoms with Crippen LogP contribution in [-0.4, -0.2) is 22.1 Å². The summed E-state index contributed by atoms with van der Waals surface area (Å²) < 4.78 is 5.22.